The van der Waals surface area contributed by atoms with Crippen LogP contribution in [0.2, 0.25) is 0 Å². The molecule has 2 rings (SSSR count). The van der Waals surface area contributed by atoms with Crippen molar-refractivity contribution in [3.63, 3.8) is 0 Å². The van der Waals surface area contributed by atoms with Crippen molar-refractivity contribution in [3.05, 3.63) is 35.4 Å². The quantitative estimate of drug-likeness (QED) is 0.698. The minimum atomic E-state index is -0.881. The average Bonchev–Trinajstić information content (AvgIpc) is 2.84. The van der Waals surface area contributed by atoms with Crippen LogP contribution in [0.25, 0.3) is 0 Å². The Balaban J connectivity index is 2.21. The first-order valence-electron chi connectivity index (χ1n) is 4.14. The smallest absolute Gasteiger partial charge is 0.335 e. The van der Waals surface area contributed by atoms with Gasteiger partial charge in [0, 0.05) is 0 Å². The maximum atomic E-state index is 10.5. The molecule has 1 aliphatic rings. The van der Waals surface area contributed by atoms with Gasteiger partial charge in [-0.15, -0.1) is 0 Å². The van der Waals surface area contributed by atoms with Gasteiger partial charge in [-0.2, -0.15) is 0 Å². The lowest BCUT2D eigenvalue weighted by Crippen LogP contribution is -2.05. The summed E-state index contributed by atoms with van der Waals surface area (Å²) < 4.78 is 5.05. The number of hydrogen-bond acceptors (Lipinski definition) is 2. The summed E-state index contributed by atoms with van der Waals surface area (Å²) in [5, 5.41) is 8.65. The second-order valence-corrected chi connectivity index (χ2v) is 3.17. The molecule has 1 aliphatic heterocycles. The molecule has 1 aromatic rings. The van der Waals surface area contributed by atoms with E-state index in [2.05, 4.69) is 0 Å². The van der Waals surface area contributed by atoms with Crippen LogP contribution in [0.5, 0.6) is 0 Å². The fourth-order valence-electron chi connectivity index (χ4n) is 1.44. The molecule has 0 radical (unpaired) electrons. The molecule has 3 heteroatoms. The van der Waals surface area contributed by atoms with E-state index in [-0.39, 0.29) is 6.10 Å². The van der Waals surface area contributed by atoms with Gasteiger partial charge in [0.1, 0.15) is 6.10 Å². The van der Waals surface area contributed by atoms with Gasteiger partial charge >= 0.3 is 5.97 Å². The van der Waals surface area contributed by atoms with E-state index in [1.807, 2.05) is 31.2 Å². The van der Waals surface area contributed by atoms with E-state index in [1.165, 1.54) is 0 Å². The number of carboxylic acids is 1. The normalized spacial score (nSPS) is 25.6. The molecule has 0 saturated carbocycles. The third-order valence-electron chi connectivity index (χ3n) is 2.23. The van der Waals surface area contributed by atoms with Gasteiger partial charge < -0.3 is 9.84 Å². The molecule has 68 valence electrons. The minimum Gasteiger partial charge on any atom is -0.479 e. The maximum absolute atomic E-state index is 10.5. The largest absolute Gasteiger partial charge is 0.479 e. The summed E-state index contributed by atoms with van der Waals surface area (Å²) in [6.45, 7) is 1.95. The molecule has 1 N–H and O–H groups in total. The molecule has 0 aromatic heterocycles. The van der Waals surface area contributed by atoms with E-state index >= 15 is 0 Å². The van der Waals surface area contributed by atoms with Crippen molar-refractivity contribution in [1.82, 2.24) is 0 Å². The first-order valence-corrected chi connectivity index (χ1v) is 4.14. The molecular weight excluding hydrogens is 168 g/mol. The van der Waals surface area contributed by atoms with E-state index < -0.39 is 12.1 Å². The van der Waals surface area contributed by atoms with Gasteiger partial charge in [0.15, 0.2) is 6.10 Å². The Morgan fingerprint density at radius 2 is 2.15 bits per heavy atom. The Bertz CT molecular complexity index is 346. The fraction of sp³-hybridized carbons (Fsp3) is 0.300. The molecular formula is C10H10O3. The van der Waals surface area contributed by atoms with Crippen molar-refractivity contribution >= 4 is 5.97 Å². The Kier molecular flexibility index (Phi) is 1.81. The zero-order valence-electron chi connectivity index (χ0n) is 7.23. The minimum absolute atomic E-state index is 0.237. The summed E-state index contributed by atoms with van der Waals surface area (Å²) in [5.74, 6) is -0.881. The molecule has 0 amide bonds. The molecule has 1 heterocycles. The van der Waals surface area contributed by atoms with Gasteiger partial charge in [-0.3, -0.25) is 0 Å². The van der Waals surface area contributed by atoms with Crippen LogP contribution in [-0.2, 0) is 9.53 Å². The molecule has 2 atom stereocenters. The number of hydrogen-bond donors (Lipinski definition) is 1. The molecule has 1 saturated heterocycles. The zero-order valence-corrected chi connectivity index (χ0v) is 7.23. The van der Waals surface area contributed by atoms with Crippen LogP contribution in [0.4, 0.5) is 0 Å². The van der Waals surface area contributed by atoms with E-state index in [1.54, 1.807) is 0 Å². The SMILES string of the molecule is Cc1ccccc1[C@H]1O[C@H]1C(=O)O. The van der Waals surface area contributed by atoms with Crippen LogP contribution in [0, 0.1) is 6.92 Å². The molecule has 0 bridgehead atoms. The standard InChI is InChI=1S/C10H10O3/c1-6-4-2-3-5-7(6)8-9(13-8)10(11)12/h2-5,8-9H,1H3,(H,11,12)/t8-,9-/m1/s1. The lowest BCUT2D eigenvalue weighted by Gasteiger charge is -1.99. The summed E-state index contributed by atoms with van der Waals surface area (Å²) in [4.78, 5) is 10.5. The van der Waals surface area contributed by atoms with Crippen molar-refractivity contribution in [2.75, 3.05) is 0 Å². The number of ether oxygens (including phenoxy) is 1. The van der Waals surface area contributed by atoms with Crippen LogP contribution < -0.4 is 0 Å². The van der Waals surface area contributed by atoms with Crippen molar-refractivity contribution < 1.29 is 14.6 Å². The molecule has 1 aromatic carbocycles. The molecule has 13 heavy (non-hydrogen) atoms. The highest BCUT2D eigenvalue weighted by atomic mass is 16.6. The third kappa shape index (κ3) is 1.42. The van der Waals surface area contributed by atoms with Crippen LogP contribution in [0.3, 0.4) is 0 Å². The second-order valence-electron chi connectivity index (χ2n) is 3.17. The highest BCUT2D eigenvalue weighted by Gasteiger charge is 2.46. The van der Waals surface area contributed by atoms with Gasteiger partial charge in [0.2, 0.25) is 0 Å². The summed E-state index contributed by atoms with van der Waals surface area (Å²) >= 11 is 0. The fourth-order valence-corrected chi connectivity index (χ4v) is 1.44. The van der Waals surface area contributed by atoms with E-state index in [0.717, 1.165) is 11.1 Å². The Morgan fingerprint density at radius 1 is 1.46 bits per heavy atom. The second kappa shape index (κ2) is 2.85. The van der Waals surface area contributed by atoms with E-state index in [0.29, 0.717) is 0 Å². The molecule has 0 unspecified atom stereocenters. The van der Waals surface area contributed by atoms with Gasteiger partial charge in [-0.25, -0.2) is 4.79 Å². The van der Waals surface area contributed by atoms with E-state index in [9.17, 15) is 4.79 Å². The summed E-state index contributed by atoms with van der Waals surface area (Å²) in [6, 6.07) is 7.68. The lowest BCUT2D eigenvalue weighted by atomic mass is 10.0. The summed E-state index contributed by atoms with van der Waals surface area (Å²) in [7, 11) is 0. The number of aryl methyl sites for hydroxylation is 1. The molecule has 3 nitrogen and oxygen atoms in total. The Morgan fingerprint density at radius 3 is 2.69 bits per heavy atom. The van der Waals surface area contributed by atoms with Crippen LogP contribution in [0.15, 0.2) is 24.3 Å². The number of epoxide rings is 1. The highest BCUT2D eigenvalue weighted by molar-refractivity contribution is 5.76. The first kappa shape index (κ1) is 8.26. The van der Waals surface area contributed by atoms with E-state index in [4.69, 9.17) is 9.84 Å². The summed E-state index contributed by atoms with van der Waals surface area (Å²) in [6.07, 6.45) is -0.875. The predicted octanol–water partition coefficient (Wildman–Crippen LogP) is 1.52. The monoisotopic (exact) mass is 178 g/mol. The van der Waals surface area contributed by atoms with Crippen LogP contribution in [0.1, 0.15) is 17.2 Å². The number of aliphatic carboxylic acids is 1. The molecule has 1 fully saturated rings. The lowest BCUT2D eigenvalue weighted by molar-refractivity contribution is -0.138. The number of carbonyl (C=O) groups is 1. The predicted molar refractivity (Wildman–Crippen MR) is 46.4 cm³/mol. The number of carboxylic acid groups (broad SMARTS) is 1. The zero-order chi connectivity index (χ0) is 9.42. The molecule has 0 aliphatic carbocycles. The van der Waals surface area contributed by atoms with Crippen LogP contribution >= 0.6 is 0 Å². The van der Waals surface area contributed by atoms with Gasteiger partial charge in [-0.1, -0.05) is 24.3 Å². The van der Waals surface area contributed by atoms with Crippen LogP contribution in [-0.4, -0.2) is 17.2 Å². The third-order valence-corrected chi connectivity index (χ3v) is 2.23. The Hall–Kier alpha value is -1.35. The highest BCUT2D eigenvalue weighted by Crippen LogP contribution is 2.39. The Labute approximate surface area is 76.0 Å². The van der Waals surface area contributed by atoms with Gasteiger partial charge in [-0.05, 0) is 18.1 Å². The van der Waals surface area contributed by atoms with Crippen molar-refractivity contribution in [2.24, 2.45) is 0 Å². The number of benzene rings is 1. The van der Waals surface area contributed by atoms with Gasteiger partial charge in [0.25, 0.3) is 0 Å². The average molecular weight is 178 g/mol. The van der Waals surface area contributed by atoms with Crippen molar-refractivity contribution in [3.8, 4) is 0 Å². The first-order chi connectivity index (χ1) is 6.20. The topological polar surface area (TPSA) is 49.8 Å². The summed E-state index contributed by atoms with van der Waals surface area (Å²) in [5.41, 5.74) is 2.06. The molecule has 0 spiro atoms. The van der Waals surface area contributed by atoms with Crippen molar-refractivity contribution in [2.45, 2.75) is 19.1 Å². The maximum Gasteiger partial charge on any atom is 0.335 e. The number of rotatable bonds is 2. The van der Waals surface area contributed by atoms with Crippen molar-refractivity contribution in [1.29, 1.82) is 0 Å². The van der Waals surface area contributed by atoms with Gasteiger partial charge in [0.05, 0.1) is 0 Å².